The summed E-state index contributed by atoms with van der Waals surface area (Å²) >= 11 is 0. The number of ether oxygens (including phenoxy) is 4. The van der Waals surface area contributed by atoms with Crippen molar-refractivity contribution in [3.05, 3.63) is 82.7 Å². The highest BCUT2D eigenvalue weighted by Gasteiger charge is 2.47. The highest BCUT2D eigenvalue weighted by atomic mass is 19.1. The summed E-state index contributed by atoms with van der Waals surface area (Å²) in [6.45, 7) is 1.82. The number of carbonyl (C=O) groups excluding carboxylic acids is 2. The zero-order chi connectivity index (χ0) is 26.9. The van der Waals surface area contributed by atoms with Crippen LogP contribution in [-0.4, -0.2) is 45.2 Å². The first-order valence-corrected chi connectivity index (χ1v) is 11.3. The molecular weight excluding hydrogens is 481 g/mol. The quantitative estimate of drug-likeness (QED) is 0.279. The van der Waals surface area contributed by atoms with Gasteiger partial charge in [0, 0.05) is 5.69 Å². The number of aryl methyl sites for hydroxylation is 1. The van der Waals surface area contributed by atoms with E-state index in [0.717, 1.165) is 5.56 Å². The predicted octanol–water partition coefficient (Wildman–Crippen LogP) is 4.79. The standard InChI is InChI=1S/C28H26FNO7/c1-15-6-11-20(34-2)19(12-15)25(31)23-24(16-13-21(35-3)27(37-5)22(14-16)36-4)30(28(33)26(23)32)18-9-7-17(29)8-10-18/h6-14,24,31H,1-5H3/b25-23+. The summed E-state index contributed by atoms with van der Waals surface area (Å²) in [6, 6.07) is 12.3. The van der Waals surface area contributed by atoms with Crippen LogP contribution in [0.2, 0.25) is 0 Å². The van der Waals surface area contributed by atoms with Gasteiger partial charge in [-0.1, -0.05) is 11.6 Å². The van der Waals surface area contributed by atoms with Gasteiger partial charge in [0.2, 0.25) is 5.75 Å². The highest BCUT2D eigenvalue weighted by molar-refractivity contribution is 6.51. The molecule has 37 heavy (non-hydrogen) atoms. The number of hydrogen-bond acceptors (Lipinski definition) is 7. The van der Waals surface area contributed by atoms with Crippen molar-refractivity contribution in [3.8, 4) is 23.0 Å². The monoisotopic (exact) mass is 507 g/mol. The van der Waals surface area contributed by atoms with Crippen LogP contribution in [0.4, 0.5) is 10.1 Å². The molecule has 0 aromatic heterocycles. The summed E-state index contributed by atoms with van der Waals surface area (Å²) in [5.74, 6) is -1.52. The lowest BCUT2D eigenvalue weighted by Crippen LogP contribution is -2.29. The second-order valence-corrected chi connectivity index (χ2v) is 8.31. The molecule has 1 atom stereocenters. The molecule has 1 aliphatic rings. The van der Waals surface area contributed by atoms with Gasteiger partial charge in [0.15, 0.2) is 11.5 Å². The molecule has 1 saturated heterocycles. The first-order valence-electron chi connectivity index (χ1n) is 11.3. The van der Waals surface area contributed by atoms with E-state index in [0.29, 0.717) is 17.1 Å². The van der Waals surface area contributed by atoms with Crippen molar-refractivity contribution in [2.24, 2.45) is 0 Å². The molecule has 1 amide bonds. The normalized spacial score (nSPS) is 16.6. The summed E-state index contributed by atoms with van der Waals surface area (Å²) in [4.78, 5) is 28.1. The molecule has 0 spiro atoms. The molecule has 0 radical (unpaired) electrons. The van der Waals surface area contributed by atoms with Crippen LogP contribution in [-0.2, 0) is 9.59 Å². The van der Waals surface area contributed by atoms with E-state index in [1.807, 2.05) is 6.92 Å². The van der Waals surface area contributed by atoms with Gasteiger partial charge in [-0.3, -0.25) is 14.5 Å². The van der Waals surface area contributed by atoms with Crippen molar-refractivity contribution in [2.45, 2.75) is 13.0 Å². The van der Waals surface area contributed by atoms with Crippen molar-refractivity contribution >= 4 is 23.1 Å². The molecule has 192 valence electrons. The Labute approximate surface area is 213 Å². The lowest BCUT2D eigenvalue weighted by molar-refractivity contribution is -0.132. The third-order valence-corrected chi connectivity index (χ3v) is 6.16. The SMILES string of the molecule is COc1ccc(C)cc1/C(O)=C1\C(=O)C(=O)N(c2ccc(F)cc2)C1c1cc(OC)c(OC)c(OC)c1. The van der Waals surface area contributed by atoms with Gasteiger partial charge >= 0.3 is 0 Å². The number of carbonyl (C=O) groups is 2. The molecule has 0 saturated carbocycles. The Morgan fingerprint density at radius 3 is 1.97 bits per heavy atom. The maximum absolute atomic E-state index is 13.7. The van der Waals surface area contributed by atoms with Gasteiger partial charge in [-0.2, -0.15) is 0 Å². The summed E-state index contributed by atoms with van der Waals surface area (Å²) in [5, 5.41) is 11.5. The number of methoxy groups -OCH3 is 4. The molecule has 3 aromatic carbocycles. The predicted molar refractivity (Wildman–Crippen MR) is 135 cm³/mol. The number of hydrogen-bond donors (Lipinski definition) is 1. The average molecular weight is 508 g/mol. The first-order chi connectivity index (χ1) is 17.7. The Bertz CT molecular complexity index is 1370. The fourth-order valence-corrected chi connectivity index (χ4v) is 4.43. The molecule has 1 aliphatic heterocycles. The van der Waals surface area contributed by atoms with Crippen molar-refractivity contribution in [1.82, 2.24) is 0 Å². The minimum absolute atomic E-state index is 0.174. The van der Waals surface area contributed by atoms with Crippen LogP contribution in [0.5, 0.6) is 23.0 Å². The number of aliphatic hydroxyl groups excluding tert-OH is 1. The maximum Gasteiger partial charge on any atom is 0.300 e. The molecule has 9 heteroatoms. The number of rotatable bonds is 7. The average Bonchev–Trinajstić information content (AvgIpc) is 3.17. The Hall–Kier alpha value is -4.53. The number of nitrogens with zero attached hydrogens (tertiary/aromatic N) is 1. The van der Waals surface area contributed by atoms with Crippen LogP contribution in [0.15, 0.2) is 60.2 Å². The molecule has 1 fully saturated rings. The fourth-order valence-electron chi connectivity index (χ4n) is 4.43. The molecule has 1 heterocycles. The molecule has 4 rings (SSSR count). The number of amides is 1. The van der Waals surface area contributed by atoms with Crippen molar-refractivity contribution in [3.63, 3.8) is 0 Å². The van der Waals surface area contributed by atoms with Crippen molar-refractivity contribution in [1.29, 1.82) is 0 Å². The summed E-state index contributed by atoms with van der Waals surface area (Å²) in [7, 11) is 5.77. The Morgan fingerprint density at radius 1 is 0.838 bits per heavy atom. The van der Waals surface area contributed by atoms with E-state index in [1.165, 1.54) is 57.6 Å². The molecule has 1 unspecified atom stereocenters. The van der Waals surface area contributed by atoms with Crippen LogP contribution in [0.3, 0.4) is 0 Å². The molecule has 3 aromatic rings. The van der Waals surface area contributed by atoms with Crippen LogP contribution >= 0.6 is 0 Å². The van der Waals surface area contributed by atoms with Gasteiger partial charge in [0.1, 0.15) is 17.3 Å². The van der Waals surface area contributed by atoms with Crippen molar-refractivity contribution < 1.29 is 38.0 Å². The van der Waals surface area contributed by atoms with Gasteiger partial charge in [-0.05, 0) is 61.0 Å². The van der Waals surface area contributed by atoms with E-state index in [1.54, 1.807) is 30.3 Å². The largest absolute Gasteiger partial charge is 0.507 e. The van der Waals surface area contributed by atoms with E-state index >= 15 is 0 Å². The van der Waals surface area contributed by atoms with Gasteiger partial charge in [-0.25, -0.2) is 4.39 Å². The van der Waals surface area contributed by atoms with Crippen LogP contribution < -0.4 is 23.8 Å². The van der Waals surface area contributed by atoms with Crippen molar-refractivity contribution in [2.75, 3.05) is 33.3 Å². The van der Waals surface area contributed by atoms with E-state index in [9.17, 15) is 19.1 Å². The third-order valence-electron chi connectivity index (χ3n) is 6.16. The molecular formula is C28H26FNO7. The minimum atomic E-state index is -1.11. The van der Waals surface area contributed by atoms with E-state index in [4.69, 9.17) is 18.9 Å². The lowest BCUT2D eigenvalue weighted by Gasteiger charge is -2.26. The van der Waals surface area contributed by atoms with Crippen LogP contribution in [0, 0.1) is 12.7 Å². The zero-order valence-corrected chi connectivity index (χ0v) is 21.0. The van der Waals surface area contributed by atoms with Gasteiger partial charge < -0.3 is 24.1 Å². The lowest BCUT2D eigenvalue weighted by atomic mass is 9.93. The Balaban J connectivity index is 2.05. The van der Waals surface area contributed by atoms with Gasteiger partial charge in [-0.15, -0.1) is 0 Å². The number of Topliss-reactive ketones (excluding diaryl/α,β-unsaturated/α-hetero) is 1. The number of benzene rings is 3. The highest BCUT2D eigenvalue weighted by Crippen LogP contribution is 2.47. The maximum atomic E-state index is 13.7. The number of anilines is 1. The van der Waals surface area contributed by atoms with Crippen LogP contribution in [0.1, 0.15) is 22.7 Å². The smallest absolute Gasteiger partial charge is 0.300 e. The first kappa shape index (κ1) is 25.6. The van der Waals surface area contributed by atoms with E-state index in [2.05, 4.69) is 0 Å². The zero-order valence-electron chi connectivity index (χ0n) is 21.0. The third kappa shape index (κ3) is 4.44. The van der Waals surface area contributed by atoms with E-state index < -0.39 is 29.3 Å². The molecule has 0 bridgehead atoms. The molecule has 8 nitrogen and oxygen atoms in total. The summed E-state index contributed by atoms with van der Waals surface area (Å²) in [5.41, 5.74) is 1.53. The second kappa shape index (κ2) is 10.2. The van der Waals surface area contributed by atoms with Gasteiger partial charge in [0.25, 0.3) is 11.7 Å². The summed E-state index contributed by atoms with van der Waals surface area (Å²) < 4.78 is 35.5. The fraction of sp³-hybridized carbons (Fsp3) is 0.214. The molecule has 1 N–H and O–H groups in total. The van der Waals surface area contributed by atoms with E-state index in [-0.39, 0.29) is 28.3 Å². The Morgan fingerprint density at radius 2 is 1.43 bits per heavy atom. The molecule has 0 aliphatic carbocycles. The second-order valence-electron chi connectivity index (χ2n) is 8.31. The van der Waals surface area contributed by atoms with Crippen LogP contribution in [0.25, 0.3) is 5.76 Å². The van der Waals surface area contributed by atoms with Gasteiger partial charge in [0.05, 0.1) is 45.6 Å². The number of halogens is 1. The Kier molecular flexibility index (Phi) is 7.06. The summed E-state index contributed by atoms with van der Waals surface area (Å²) in [6.07, 6.45) is 0. The number of aliphatic hydroxyl groups is 1. The number of ketones is 1. The topological polar surface area (TPSA) is 94.5 Å². The minimum Gasteiger partial charge on any atom is -0.507 e.